The summed E-state index contributed by atoms with van der Waals surface area (Å²) in [7, 11) is 0. The van der Waals surface area contributed by atoms with Gasteiger partial charge in [-0.1, -0.05) is 26.0 Å². The smallest absolute Gasteiger partial charge is 0.0970 e. The Labute approximate surface area is 119 Å². The summed E-state index contributed by atoms with van der Waals surface area (Å²) in [4.78, 5) is 9.47. The highest BCUT2D eigenvalue weighted by atomic mass is 14.8. The Morgan fingerprint density at radius 2 is 1.60 bits per heavy atom. The van der Waals surface area contributed by atoms with Crippen LogP contribution in [0.1, 0.15) is 43.1 Å². The van der Waals surface area contributed by atoms with Crippen molar-refractivity contribution >= 4 is 21.8 Å². The normalized spacial score (nSPS) is 13.0. The Morgan fingerprint density at radius 1 is 0.950 bits per heavy atom. The van der Waals surface area contributed by atoms with Crippen LogP contribution in [0.2, 0.25) is 0 Å². The highest BCUT2D eigenvalue weighted by Gasteiger charge is 2.13. The number of fused-ring (bicyclic) bond motifs is 3. The molecule has 2 nitrogen and oxygen atoms in total. The highest BCUT2D eigenvalue weighted by Crippen LogP contribution is 2.32. The third-order valence-corrected chi connectivity index (χ3v) is 4.09. The summed E-state index contributed by atoms with van der Waals surface area (Å²) >= 11 is 0. The highest BCUT2D eigenvalue weighted by molar-refractivity contribution is 6.04. The van der Waals surface area contributed by atoms with Crippen LogP contribution in [0, 0.1) is 13.8 Å². The van der Waals surface area contributed by atoms with Crippen molar-refractivity contribution in [2.24, 2.45) is 0 Å². The number of benzene rings is 1. The molecule has 0 saturated carbocycles. The minimum atomic E-state index is 0.535. The zero-order valence-corrected chi connectivity index (χ0v) is 12.6. The molecule has 0 radical (unpaired) electrons. The van der Waals surface area contributed by atoms with Crippen molar-refractivity contribution in [1.29, 1.82) is 0 Å². The van der Waals surface area contributed by atoms with Gasteiger partial charge < -0.3 is 0 Å². The summed E-state index contributed by atoms with van der Waals surface area (Å²) in [5.74, 6) is 0.535. The fourth-order valence-electron chi connectivity index (χ4n) is 2.72. The van der Waals surface area contributed by atoms with Crippen LogP contribution < -0.4 is 0 Å². The second kappa shape index (κ2) is 4.86. The van der Waals surface area contributed by atoms with Gasteiger partial charge in [-0.25, -0.2) is 0 Å². The fourth-order valence-corrected chi connectivity index (χ4v) is 2.72. The molecule has 2 heteroatoms. The zero-order valence-electron chi connectivity index (χ0n) is 12.6. The zero-order chi connectivity index (χ0) is 14.3. The number of aryl methyl sites for hydroxylation is 2. The maximum atomic E-state index is 4.76. The van der Waals surface area contributed by atoms with Crippen LogP contribution >= 0.6 is 0 Å². The largest absolute Gasteiger partial charge is 0.251 e. The molecule has 0 saturated heterocycles. The first-order valence-electron chi connectivity index (χ1n) is 7.27. The van der Waals surface area contributed by atoms with Crippen molar-refractivity contribution in [3.8, 4) is 0 Å². The van der Waals surface area contributed by atoms with Crippen LogP contribution in [0.3, 0.4) is 0 Å². The van der Waals surface area contributed by atoms with Crippen molar-refractivity contribution in [2.45, 2.75) is 40.0 Å². The molecule has 20 heavy (non-hydrogen) atoms. The van der Waals surface area contributed by atoms with E-state index in [9.17, 15) is 0 Å². The van der Waals surface area contributed by atoms with Gasteiger partial charge in [-0.05, 0) is 49.9 Å². The Bertz CT molecular complexity index is 790. The van der Waals surface area contributed by atoms with E-state index in [0.29, 0.717) is 5.92 Å². The number of hydrogen-bond donors (Lipinski definition) is 0. The Hall–Kier alpha value is -1.96. The molecule has 0 amide bonds. The lowest BCUT2D eigenvalue weighted by Gasteiger charge is -2.15. The van der Waals surface area contributed by atoms with Gasteiger partial charge in [-0.2, -0.15) is 0 Å². The minimum Gasteiger partial charge on any atom is -0.251 e. The van der Waals surface area contributed by atoms with Crippen LogP contribution in [0.15, 0.2) is 30.3 Å². The Kier molecular flexibility index (Phi) is 3.17. The van der Waals surface area contributed by atoms with Gasteiger partial charge in [0.05, 0.1) is 11.0 Å². The van der Waals surface area contributed by atoms with Crippen LogP contribution in [0.4, 0.5) is 0 Å². The predicted molar refractivity (Wildman–Crippen MR) is 85.2 cm³/mol. The SMILES string of the molecule is CCC(C)c1cc2ccc(C)nc2c2nc(C)ccc12. The summed E-state index contributed by atoms with van der Waals surface area (Å²) < 4.78 is 0. The van der Waals surface area contributed by atoms with Crippen LogP contribution in [0.25, 0.3) is 21.8 Å². The second-order valence-corrected chi connectivity index (χ2v) is 5.65. The van der Waals surface area contributed by atoms with E-state index in [0.717, 1.165) is 28.8 Å². The summed E-state index contributed by atoms with van der Waals surface area (Å²) in [5.41, 5.74) is 5.53. The topological polar surface area (TPSA) is 25.8 Å². The van der Waals surface area contributed by atoms with E-state index < -0.39 is 0 Å². The van der Waals surface area contributed by atoms with E-state index in [4.69, 9.17) is 9.97 Å². The molecule has 2 aromatic heterocycles. The van der Waals surface area contributed by atoms with Crippen molar-refractivity contribution in [3.63, 3.8) is 0 Å². The molecule has 1 atom stereocenters. The van der Waals surface area contributed by atoms with Gasteiger partial charge in [0, 0.05) is 22.2 Å². The monoisotopic (exact) mass is 264 g/mol. The van der Waals surface area contributed by atoms with Gasteiger partial charge in [0.25, 0.3) is 0 Å². The Balaban J connectivity index is 2.48. The number of aromatic nitrogens is 2. The van der Waals surface area contributed by atoms with E-state index in [1.165, 1.54) is 16.3 Å². The molecule has 0 aliphatic rings. The predicted octanol–water partition coefficient (Wildman–Crippen LogP) is 4.91. The van der Waals surface area contributed by atoms with Crippen molar-refractivity contribution < 1.29 is 0 Å². The van der Waals surface area contributed by atoms with E-state index in [2.05, 4.69) is 44.2 Å². The average molecular weight is 264 g/mol. The number of rotatable bonds is 2. The molecule has 102 valence electrons. The molecule has 0 bridgehead atoms. The first-order valence-corrected chi connectivity index (χ1v) is 7.27. The number of hydrogen-bond acceptors (Lipinski definition) is 2. The quantitative estimate of drug-likeness (QED) is 0.614. The van der Waals surface area contributed by atoms with Gasteiger partial charge in [0.15, 0.2) is 0 Å². The van der Waals surface area contributed by atoms with E-state index in [-0.39, 0.29) is 0 Å². The molecule has 1 aromatic carbocycles. The van der Waals surface area contributed by atoms with E-state index in [1.54, 1.807) is 0 Å². The van der Waals surface area contributed by atoms with Crippen molar-refractivity contribution in [3.05, 3.63) is 47.3 Å². The number of nitrogens with zero attached hydrogens (tertiary/aromatic N) is 2. The van der Waals surface area contributed by atoms with Crippen LogP contribution in [-0.4, -0.2) is 9.97 Å². The standard InChI is InChI=1S/C18H20N2/c1-5-11(2)16-10-14-8-6-12(3)19-17(14)18-15(16)9-7-13(4)20-18/h6-11H,5H2,1-4H3. The molecular weight excluding hydrogens is 244 g/mol. The number of pyridine rings is 2. The molecule has 0 N–H and O–H groups in total. The lowest BCUT2D eigenvalue weighted by molar-refractivity contribution is 0.740. The lowest BCUT2D eigenvalue weighted by atomic mass is 9.92. The van der Waals surface area contributed by atoms with Gasteiger partial charge in [0.1, 0.15) is 0 Å². The molecule has 0 aliphatic carbocycles. The molecule has 0 aliphatic heterocycles. The van der Waals surface area contributed by atoms with Crippen molar-refractivity contribution in [1.82, 2.24) is 9.97 Å². The molecule has 2 heterocycles. The van der Waals surface area contributed by atoms with Gasteiger partial charge in [-0.15, -0.1) is 0 Å². The van der Waals surface area contributed by atoms with Crippen LogP contribution in [-0.2, 0) is 0 Å². The second-order valence-electron chi connectivity index (χ2n) is 5.65. The third kappa shape index (κ3) is 2.05. The molecule has 0 fully saturated rings. The van der Waals surface area contributed by atoms with Gasteiger partial charge in [0.2, 0.25) is 0 Å². The molecule has 3 rings (SSSR count). The summed E-state index contributed by atoms with van der Waals surface area (Å²) in [6, 6.07) is 10.8. The molecule has 0 spiro atoms. The average Bonchev–Trinajstić information content (AvgIpc) is 2.45. The third-order valence-electron chi connectivity index (χ3n) is 4.09. The first kappa shape index (κ1) is 13.0. The fraction of sp³-hybridized carbons (Fsp3) is 0.333. The lowest BCUT2D eigenvalue weighted by Crippen LogP contribution is -1.97. The molecular formula is C18H20N2. The molecule has 3 aromatic rings. The summed E-state index contributed by atoms with van der Waals surface area (Å²) in [5, 5.41) is 2.44. The molecule has 1 unspecified atom stereocenters. The minimum absolute atomic E-state index is 0.535. The van der Waals surface area contributed by atoms with E-state index in [1.807, 2.05) is 13.8 Å². The van der Waals surface area contributed by atoms with Crippen LogP contribution in [0.5, 0.6) is 0 Å². The maximum absolute atomic E-state index is 4.76. The Morgan fingerprint density at radius 3 is 2.30 bits per heavy atom. The first-order chi connectivity index (χ1) is 9.60. The van der Waals surface area contributed by atoms with Crippen molar-refractivity contribution in [2.75, 3.05) is 0 Å². The van der Waals surface area contributed by atoms with E-state index >= 15 is 0 Å². The van der Waals surface area contributed by atoms with Gasteiger partial charge in [-0.3, -0.25) is 9.97 Å². The summed E-state index contributed by atoms with van der Waals surface area (Å²) in [6.45, 7) is 8.58. The summed E-state index contributed by atoms with van der Waals surface area (Å²) in [6.07, 6.45) is 1.13. The maximum Gasteiger partial charge on any atom is 0.0970 e. The van der Waals surface area contributed by atoms with Gasteiger partial charge >= 0.3 is 0 Å².